The highest BCUT2D eigenvalue weighted by Gasteiger charge is 2.53. The molecule has 0 bridgehead atoms. The maximum absolute atomic E-state index is 14.2. The van der Waals surface area contributed by atoms with Crippen molar-refractivity contribution < 1.29 is 19.1 Å². The van der Waals surface area contributed by atoms with Crippen molar-refractivity contribution in [1.82, 2.24) is 4.90 Å². The summed E-state index contributed by atoms with van der Waals surface area (Å²) in [7, 11) is 0. The molecule has 2 aliphatic rings. The lowest BCUT2D eigenvalue weighted by atomic mass is 9.63. The Bertz CT molecular complexity index is 570. The average molecular weight is 291 g/mol. The normalized spacial score (nSPS) is 27.2. The van der Waals surface area contributed by atoms with Gasteiger partial charge in [-0.1, -0.05) is 36.8 Å². The number of hydrogen-bond acceptors (Lipinski definition) is 2. The first-order chi connectivity index (χ1) is 9.98. The smallest absolute Gasteiger partial charge is 0.343 e. The Hall–Kier alpha value is -1.91. The zero-order valence-corrected chi connectivity index (χ0v) is 11.7. The molecular formula is C16H18FNO3. The fraction of sp³-hybridized carbons (Fsp3) is 0.500. The Labute approximate surface area is 122 Å². The summed E-state index contributed by atoms with van der Waals surface area (Å²) in [6.45, 7) is -0.161. The van der Waals surface area contributed by atoms with E-state index in [9.17, 15) is 14.0 Å². The van der Waals surface area contributed by atoms with Crippen LogP contribution >= 0.6 is 0 Å². The number of rotatable bonds is 3. The van der Waals surface area contributed by atoms with Crippen LogP contribution in [0, 0.1) is 0 Å². The van der Waals surface area contributed by atoms with Gasteiger partial charge in [0, 0.05) is 13.0 Å². The van der Waals surface area contributed by atoms with Gasteiger partial charge in [-0.2, -0.15) is 0 Å². The minimum atomic E-state index is -2.29. The molecule has 0 radical (unpaired) electrons. The molecule has 1 saturated heterocycles. The first kappa shape index (κ1) is 14.0. The van der Waals surface area contributed by atoms with Gasteiger partial charge in [0.25, 0.3) is 0 Å². The minimum Gasteiger partial charge on any atom is -0.479 e. The van der Waals surface area contributed by atoms with Crippen molar-refractivity contribution in [2.45, 2.75) is 36.8 Å². The van der Waals surface area contributed by atoms with Crippen LogP contribution in [0.15, 0.2) is 30.3 Å². The highest BCUT2D eigenvalue weighted by atomic mass is 19.1. The zero-order chi connectivity index (χ0) is 15.1. The minimum absolute atomic E-state index is 0.124. The molecule has 1 unspecified atom stereocenters. The first-order valence-corrected chi connectivity index (χ1v) is 7.25. The fourth-order valence-corrected chi connectivity index (χ4v) is 3.34. The molecule has 112 valence electrons. The summed E-state index contributed by atoms with van der Waals surface area (Å²) in [6, 6.07) is 9.53. The molecule has 1 aliphatic carbocycles. The van der Waals surface area contributed by atoms with Gasteiger partial charge in [-0.05, 0) is 18.4 Å². The van der Waals surface area contributed by atoms with E-state index in [1.807, 2.05) is 30.3 Å². The largest absolute Gasteiger partial charge is 0.479 e. The molecule has 1 aromatic rings. The van der Waals surface area contributed by atoms with Crippen LogP contribution in [0.5, 0.6) is 0 Å². The van der Waals surface area contributed by atoms with Crippen molar-refractivity contribution in [2.75, 3.05) is 13.1 Å². The second kappa shape index (κ2) is 4.83. The number of likely N-dealkylation sites (tertiary alicyclic amines) is 1. The topological polar surface area (TPSA) is 57.6 Å². The van der Waals surface area contributed by atoms with Gasteiger partial charge in [0.2, 0.25) is 11.6 Å². The number of nitrogens with zero attached hydrogens (tertiary/aromatic N) is 1. The van der Waals surface area contributed by atoms with Gasteiger partial charge in [0.1, 0.15) is 0 Å². The van der Waals surface area contributed by atoms with Gasteiger partial charge in [-0.25, -0.2) is 9.18 Å². The third kappa shape index (κ3) is 2.11. The van der Waals surface area contributed by atoms with Gasteiger partial charge in [-0.15, -0.1) is 0 Å². The van der Waals surface area contributed by atoms with Gasteiger partial charge in [-0.3, -0.25) is 4.79 Å². The van der Waals surface area contributed by atoms with E-state index in [4.69, 9.17) is 5.11 Å². The third-order valence-electron chi connectivity index (χ3n) is 4.83. The Morgan fingerprint density at radius 1 is 1.14 bits per heavy atom. The maximum Gasteiger partial charge on any atom is 0.343 e. The molecule has 0 aromatic heterocycles. The van der Waals surface area contributed by atoms with Crippen molar-refractivity contribution in [3.8, 4) is 0 Å². The van der Waals surface area contributed by atoms with Crippen LogP contribution in [-0.2, 0) is 15.0 Å². The molecule has 21 heavy (non-hydrogen) atoms. The lowest BCUT2D eigenvalue weighted by Crippen LogP contribution is -2.51. The van der Waals surface area contributed by atoms with E-state index in [-0.39, 0.29) is 25.4 Å². The molecule has 0 spiro atoms. The van der Waals surface area contributed by atoms with E-state index in [1.165, 1.54) is 4.90 Å². The molecule has 3 rings (SSSR count). The predicted molar refractivity (Wildman–Crippen MR) is 74.6 cm³/mol. The summed E-state index contributed by atoms with van der Waals surface area (Å²) in [5, 5.41) is 8.95. The van der Waals surface area contributed by atoms with E-state index in [0.29, 0.717) is 0 Å². The number of alkyl halides is 1. The third-order valence-corrected chi connectivity index (χ3v) is 4.83. The van der Waals surface area contributed by atoms with Crippen LogP contribution < -0.4 is 0 Å². The number of carboxylic acid groups (broad SMARTS) is 1. The van der Waals surface area contributed by atoms with Crippen LogP contribution in [0.1, 0.15) is 31.2 Å². The van der Waals surface area contributed by atoms with Crippen molar-refractivity contribution in [3.63, 3.8) is 0 Å². The quantitative estimate of drug-likeness (QED) is 0.928. The SMILES string of the molecule is O=C(O)C1(F)CCN(C(=O)C2(c3ccccc3)CCC2)C1. The number of amides is 1. The van der Waals surface area contributed by atoms with Gasteiger partial charge < -0.3 is 10.0 Å². The molecule has 1 aliphatic heterocycles. The van der Waals surface area contributed by atoms with Crippen molar-refractivity contribution >= 4 is 11.9 Å². The molecular weight excluding hydrogens is 273 g/mol. The van der Waals surface area contributed by atoms with Gasteiger partial charge in [0.05, 0.1) is 12.0 Å². The Balaban J connectivity index is 1.83. The van der Waals surface area contributed by atoms with E-state index in [2.05, 4.69) is 0 Å². The molecule has 1 saturated carbocycles. The maximum atomic E-state index is 14.2. The molecule has 1 atom stereocenters. The fourth-order valence-electron chi connectivity index (χ4n) is 3.34. The summed E-state index contributed by atoms with van der Waals surface area (Å²) in [5.74, 6) is -1.60. The number of carbonyl (C=O) groups excluding carboxylic acids is 1. The number of carboxylic acids is 1. The van der Waals surface area contributed by atoms with Crippen molar-refractivity contribution in [3.05, 3.63) is 35.9 Å². The average Bonchev–Trinajstić information content (AvgIpc) is 2.83. The highest BCUT2D eigenvalue weighted by Crippen LogP contribution is 2.46. The summed E-state index contributed by atoms with van der Waals surface area (Å²) in [5.41, 5.74) is -1.92. The summed E-state index contributed by atoms with van der Waals surface area (Å²) in [4.78, 5) is 25.2. The summed E-state index contributed by atoms with van der Waals surface area (Å²) >= 11 is 0. The zero-order valence-electron chi connectivity index (χ0n) is 11.7. The van der Waals surface area contributed by atoms with E-state index >= 15 is 0 Å². The van der Waals surface area contributed by atoms with Crippen LogP contribution in [-0.4, -0.2) is 40.6 Å². The number of aliphatic carboxylic acids is 1. The number of benzene rings is 1. The van der Waals surface area contributed by atoms with Crippen molar-refractivity contribution in [1.29, 1.82) is 0 Å². The number of halogens is 1. The first-order valence-electron chi connectivity index (χ1n) is 7.25. The van der Waals surface area contributed by atoms with E-state index in [0.717, 1.165) is 24.8 Å². The molecule has 1 aromatic carbocycles. The molecule has 1 amide bonds. The van der Waals surface area contributed by atoms with E-state index < -0.39 is 17.1 Å². The Kier molecular flexibility index (Phi) is 3.23. The molecule has 1 heterocycles. The molecule has 5 heteroatoms. The van der Waals surface area contributed by atoms with Crippen LogP contribution in [0.25, 0.3) is 0 Å². The van der Waals surface area contributed by atoms with Gasteiger partial charge in [0.15, 0.2) is 0 Å². The molecule has 4 nitrogen and oxygen atoms in total. The Morgan fingerprint density at radius 3 is 2.29 bits per heavy atom. The monoisotopic (exact) mass is 291 g/mol. The number of hydrogen-bond donors (Lipinski definition) is 1. The second-order valence-corrected chi connectivity index (χ2v) is 6.05. The van der Waals surface area contributed by atoms with Crippen LogP contribution in [0.2, 0.25) is 0 Å². The molecule has 1 N–H and O–H groups in total. The standard InChI is InChI=1S/C16H18FNO3/c17-16(14(20)21)9-10-18(11-16)13(19)15(7-4-8-15)12-5-2-1-3-6-12/h1-3,5-6H,4,7-11H2,(H,20,21). The van der Waals surface area contributed by atoms with Crippen molar-refractivity contribution in [2.24, 2.45) is 0 Å². The van der Waals surface area contributed by atoms with E-state index in [1.54, 1.807) is 0 Å². The van der Waals surface area contributed by atoms with Gasteiger partial charge >= 0.3 is 5.97 Å². The summed E-state index contributed by atoms with van der Waals surface area (Å²) < 4.78 is 14.2. The number of carbonyl (C=O) groups is 2. The Morgan fingerprint density at radius 2 is 1.81 bits per heavy atom. The summed E-state index contributed by atoms with van der Waals surface area (Å²) in [6.07, 6.45) is 2.34. The lowest BCUT2D eigenvalue weighted by Gasteiger charge is -2.43. The molecule has 2 fully saturated rings. The highest BCUT2D eigenvalue weighted by molar-refractivity contribution is 5.91. The van der Waals surface area contributed by atoms with Crippen LogP contribution in [0.4, 0.5) is 4.39 Å². The van der Waals surface area contributed by atoms with Crippen LogP contribution in [0.3, 0.4) is 0 Å². The second-order valence-electron chi connectivity index (χ2n) is 6.05. The lowest BCUT2D eigenvalue weighted by molar-refractivity contribution is -0.151. The predicted octanol–water partition coefficient (Wildman–Crippen LogP) is 2.13.